The molecule has 1 fully saturated rings. The Balaban J connectivity index is 2.05. The molecule has 0 amide bonds. The van der Waals surface area contributed by atoms with E-state index in [2.05, 4.69) is 34.3 Å². The second kappa shape index (κ2) is 5.19. The van der Waals surface area contributed by atoms with Gasteiger partial charge in [0.15, 0.2) is 0 Å². The summed E-state index contributed by atoms with van der Waals surface area (Å²) in [6.45, 7) is 2.29. The Labute approximate surface area is 111 Å². The normalized spacial score (nSPS) is 30.6. The zero-order chi connectivity index (χ0) is 11.6. The fourth-order valence-electron chi connectivity index (χ4n) is 2.80. The lowest BCUT2D eigenvalue weighted by atomic mass is 9.73. The van der Waals surface area contributed by atoms with Gasteiger partial charge in [0.2, 0.25) is 0 Å². The second-order valence-electron chi connectivity index (χ2n) is 5.10. The maximum atomic E-state index is 6.57. The van der Waals surface area contributed by atoms with E-state index < -0.39 is 0 Å². The Kier molecular flexibility index (Phi) is 4.09. The smallest absolute Gasteiger partial charge is 0.0315 e. The van der Waals surface area contributed by atoms with Crippen molar-refractivity contribution in [2.45, 2.75) is 51.0 Å². The molecule has 2 rings (SSSR count). The quantitative estimate of drug-likeness (QED) is 0.882. The molecule has 0 aromatic carbocycles. The van der Waals surface area contributed by atoms with Gasteiger partial charge in [0, 0.05) is 21.3 Å². The molecule has 3 heteroatoms. The molecular weight excluding hydrogens is 282 g/mol. The van der Waals surface area contributed by atoms with Crippen LogP contribution in [0.3, 0.4) is 0 Å². The van der Waals surface area contributed by atoms with Crippen LogP contribution in [-0.4, -0.2) is 5.54 Å². The largest absolute Gasteiger partial charge is 0.325 e. The zero-order valence-electron chi connectivity index (χ0n) is 9.84. The molecule has 0 aliphatic heterocycles. The Hall–Kier alpha value is 0.140. The third-order valence-corrected chi connectivity index (χ3v) is 5.69. The summed E-state index contributed by atoms with van der Waals surface area (Å²) in [6, 6.07) is 2.13. The van der Waals surface area contributed by atoms with E-state index in [9.17, 15) is 0 Å². The summed E-state index contributed by atoms with van der Waals surface area (Å²) in [5.41, 5.74) is 6.62. The van der Waals surface area contributed by atoms with E-state index in [0.717, 1.165) is 12.3 Å². The molecule has 0 spiro atoms. The zero-order valence-corrected chi connectivity index (χ0v) is 12.2. The summed E-state index contributed by atoms with van der Waals surface area (Å²) in [5, 5.41) is 2.14. The molecule has 0 bridgehead atoms. The van der Waals surface area contributed by atoms with Crippen molar-refractivity contribution in [3.8, 4) is 0 Å². The van der Waals surface area contributed by atoms with Crippen molar-refractivity contribution < 1.29 is 0 Å². The number of thiophene rings is 1. The summed E-state index contributed by atoms with van der Waals surface area (Å²) in [4.78, 5) is 1.42. The Bertz CT molecular complexity index is 349. The fraction of sp³-hybridized carbons (Fsp3) is 0.692. The van der Waals surface area contributed by atoms with Crippen molar-refractivity contribution in [1.29, 1.82) is 0 Å². The molecule has 16 heavy (non-hydrogen) atoms. The SMILES string of the molecule is CCC1CCCC(N)(Cc2sccc2Br)C1. The highest BCUT2D eigenvalue weighted by atomic mass is 79.9. The standard InChI is InChI=1S/C13H20BrNS/c1-2-10-4-3-6-13(15,8-10)9-12-11(14)5-7-16-12/h5,7,10H,2-4,6,8-9,15H2,1H3. The molecule has 1 aromatic heterocycles. The Morgan fingerprint density at radius 2 is 2.44 bits per heavy atom. The summed E-state index contributed by atoms with van der Waals surface area (Å²) >= 11 is 5.43. The number of halogens is 1. The number of nitrogens with two attached hydrogens (primary N) is 1. The van der Waals surface area contributed by atoms with E-state index in [1.54, 1.807) is 0 Å². The van der Waals surface area contributed by atoms with Crippen LogP contribution >= 0.6 is 27.3 Å². The van der Waals surface area contributed by atoms with E-state index in [1.807, 2.05) is 11.3 Å². The van der Waals surface area contributed by atoms with Crippen LogP contribution in [0.2, 0.25) is 0 Å². The van der Waals surface area contributed by atoms with Crippen molar-refractivity contribution in [1.82, 2.24) is 0 Å². The van der Waals surface area contributed by atoms with Gasteiger partial charge >= 0.3 is 0 Å². The second-order valence-corrected chi connectivity index (χ2v) is 6.96. The lowest BCUT2D eigenvalue weighted by Crippen LogP contribution is -2.46. The van der Waals surface area contributed by atoms with Gasteiger partial charge in [-0.05, 0) is 46.1 Å². The molecule has 1 aliphatic carbocycles. The van der Waals surface area contributed by atoms with Crippen molar-refractivity contribution in [3.05, 3.63) is 20.8 Å². The van der Waals surface area contributed by atoms with Gasteiger partial charge in [-0.3, -0.25) is 0 Å². The lowest BCUT2D eigenvalue weighted by Gasteiger charge is -2.37. The maximum Gasteiger partial charge on any atom is 0.0315 e. The van der Waals surface area contributed by atoms with Crippen LogP contribution in [0.5, 0.6) is 0 Å². The van der Waals surface area contributed by atoms with Crippen LogP contribution < -0.4 is 5.73 Å². The number of hydrogen-bond acceptors (Lipinski definition) is 2. The van der Waals surface area contributed by atoms with E-state index in [-0.39, 0.29) is 5.54 Å². The van der Waals surface area contributed by atoms with E-state index in [0.29, 0.717) is 0 Å². The summed E-state index contributed by atoms with van der Waals surface area (Å²) < 4.78 is 1.24. The van der Waals surface area contributed by atoms with Gasteiger partial charge in [0.25, 0.3) is 0 Å². The molecule has 1 aromatic rings. The molecule has 1 heterocycles. The predicted molar refractivity (Wildman–Crippen MR) is 74.9 cm³/mol. The van der Waals surface area contributed by atoms with Crippen LogP contribution in [0.4, 0.5) is 0 Å². The highest BCUT2D eigenvalue weighted by Gasteiger charge is 2.32. The van der Waals surface area contributed by atoms with Gasteiger partial charge in [0.05, 0.1) is 0 Å². The van der Waals surface area contributed by atoms with E-state index in [1.165, 1.54) is 41.5 Å². The maximum absolute atomic E-state index is 6.57. The number of hydrogen-bond donors (Lipinski definition) is 1. The molecule has 2 atom stereocenters. The molecule has 1 saturated carbocycles. The first-order valence-corrected chi connectivity index (χ1v) is 7.81. The summed E-state index contributed by atoms with van der Waals surface area (Å²) in [5.74, 6) is 0.845. The predicted octanol–water partition coefficient (Wildman–Crippen LogP) is 4.35. The highest BCUT2D eigenvalue weighted by Crippen LogP contribution is 2.37. The van der Waals surface area contributed by atoms with Crippen LogP contribution in [-0.2, 0) is 6.42 Å². The summed E-state index contributed by atoms with van der Waals surface area (Å²) in [6.07, 6.45) is 7.40. The minimum absolute atomic E-state index is 0.0479. The van der Waals surface area contributed by atoms with Gasteiger partial charge in [-0.2, -0.15) is 0 Å². The van der Waals surface area contributed by atoms with Crippen LogP contribution in [0.1, 0.15) is 43.9 Å². The van der Waals surface area contributed by atoms with Gasteiger partial charge in [-0.15, -0.1) is 11.3 Å². The molecule has 0 radical (unpaired) electrons. The number of rotatable bonds is 3. The van der Waals surface area contributed by atoms with Crippen molar-refractivity contribution >= 4 is 27.3 Å². The Morgan fingerprint density at radius 1 is 1.62 bits per heavy atom. The molecule has 90 valence electrons. The monoisotopic (exact) mass is 301 g/mol. The fourth-order valence-corrected chi connectivity index (χ4v) is 4.45. The average molecular weight is 302 g/mol. The first kappa shape index (κ1) is 12.6. The van der Waals surface area contributed by atoms with E-state index in [4.69, 9.17) is 5.73 Å². The molecule has 2 N–H and O–H groups in total. The third kappa shape index (κ3) is 2.88. The average Bonchev–Trinajstić information content (AvgIpc) is 2.64. The molecule has 1 aliphatic rings. The minimum atomic E-state index is 0.0479. The van der Waals surface area contributed by atoms with Gasteiger partial charge < -0.3 is 5.73 Å². The van der Waals surface area contributed by atoms with Gasteiger partial charge in [-0.25, -0.2) is 0 Å². The third-order valence-electron chi connectivity index (χ3n) is 3.76. The topological polar surface area (TPSA) is 26.0 Å². The summed E-state index contributed by atoms with van der Waals surface area (Å²) in [7, 11) is 0. The van der Waals surface area contributed by atoms with Crippen molar-refractivity contribution in [2.24, 2.45) is 11.7 Å². The van der Waals surface area contributed by atoms with Crippen molar-refractivity contribution in [2.75, 3.05) is 0 Å². The lowest BCUT2D eigenvalue weighted by molar-refractivity contribution is 0.219. The van der Waals surface area contributed by atoms with Crippen LogP contribution in [0, 0.1) is 5.92 Å². The van der Waals surface area contributed by atoms with Gasteiger partial charge in [-0.1, -0.05) is 26.2 Å². The first-order chi connectivity index (χ1) is 7.63. The minimum Gasteiger partial charge on any atom is -0.325 e. The van der Waals surface area contributed by atoms with E-state index >= 15 is 0 Å². The van der Waals surface area contributed by atoms with Gasteiger partial charge in [0.1, 0.15) is 0 Å². The van der Waals surface area contributed by atoms with Crippen LogP contribution in [0.25, 0.3) is 0 Å². The molecular formula is C13H20BrNS. The molecule has 0 saturated heterocycles. The first-order valence-electron chi connectivity index (χ1n) is 6.14. The van der Waals surface area contributed by atoms with Crippen molar-refractivity contribution in [3.63, 3.8) is 0 Å². The Morgan fingerprint density at radius 3 is 3.06 bits per heavy atom. The molecule has 2 unspecified atom stereocenters. The molecule has 1 nitrogen and oxygen atoms in total. The highest BCUT2D eigenvalue weighted by molar-refractivity contribution is 9.10. The van der Waals surface area contributed by atoms with Crippen LogP contribution in [0.15, 0.2) is 15.9 Å².